The van der Waals surface area contributed by atoms with Crippen LogP contribution >= 0.6 is 0 Å². The Balaban J connectivity index is 1.54. The number of ether oxygens (including phenoxy) is 2. The van der Waals surface area contributed by atoms with Gasteiger partial charge in [0.15, 0.2) is 5.82 Å². The van der Waals surface area contributed by atoms with Crippen molar-refractivity contribution in [3.8, 4) is 6.01 Å². The van der Waals surface area contributed by atoms with Crippen LogP contribution < -0.4 is 15.0 Å². The minimum atomic E-state index is 0.0548. The SMILES string of the molecule is COc1nc(CNC(=O)CCC2CCCC2)nc(N2CCOCC2)n1. The van der Waals surface area contributed by atoms with Gasteiger partial charge in [0.05, 0.1) is 26.9 Å². The van der Waals surface area contributed by atoms with Crippen LogP contribution in [0.1, 0.15) is 44.3 Å². The number of hydrogen-bond donors (Lipinski definition) is 1. The molecule has 0 bridgehead atoms. The molecule has 1 N–H and O–H groups in total. The van der Waals surface area contributed by atoms with E-state index < -0.39 is 0 Å². The zero-order valence-electron chi connectivity index (χ0n) is 14.9. The molecule has 8 nitrogen and oxygen atoms in total. The smallest absolute Gasteiger partial charge is 0.321 e. The summed E-state index contributed by atoms with van der Waals surface area (Å²) in [4.78, 5) is 27.1. The molecule has 1 aliphatic heterocycles. The van der Waals surface area contributed by atoms with Crippen molar-refractivity contribution in [2.75, 3.05) is 38.3 Å². The molecule has 1 aromatic rings. The highest BCUT2D eigenvalue weighted by molar-refractivity contribution is 5.75. The van der Waals surface area contributed by atoms with Crippen molar-refractivity contribution in [2.45, 2.75) is 45.1 Å². The molecule has 8 heteroatoms. The number of nitrogens with zero attached hydrogens (tertiary/aromatic N) is 4. The average Bonchev–Trinajstić information content (AvgIpc) is 3.19. The van der Waals surface area contributed by atoms with Gasteiger partial charge < -0.3 is 19.7 Å². The van der Waals surface area contributed by atoms with Crippen LogP contribution in [0.4, 0.5) is 5.95 Å². The summed E-state index contributed by atoms with van der Waals surface area (Å²) in [6.07, 6.45) is 6.69. The van der Waals surface area contributed by atoms with Crippen LogP contribution in [0.15, 0.2) is 0 Å². The first kappa shape index (κ1) is 17.8. The lowest BCUT2D eigenvalue weighted by Gasteiger charge is -2.26. The first-order valence-corrected chi connectivity index (χ1v) is 9.13. The monoisotopic (exact) mass is 349 g/mol. The van der Waals surface area contributed by atoms with Crippen molar-refractivity contribution in [2.24, 2.45) is 5.92 Å². The third-order valence-corrected chi connectivity index (χ3v) is 4.82. The zero-order chi connectivity index (χ0) is 17.5. The first-order valence-electron chi connectivity index (χ1n) is 9.13. The van der Waals surface area contributed by atoms with E-state index in [4.69, 9.17) is 9.47 Å². The molecule has 25 heavy (non-hydrogen) atoms. The van der Waals surface area contributed by atoms with Gasteiger partial charge >= 0.3 is 6.01 Å². The molecule has 1 aliphatic carbocycles. The van der Waals surface area contributed by atoms with E-state index in [2.05, 4.69) is 20.3 Å². The minimum Gasteiger partial charge on any atom is -0.467 e. The van der Waals surface area contributed by atoms with Gasteiger partial charge in [-0.25, -0.2) is 0 Å². The topological polar surface area (TPSA) is 89.5 Å². The lowest BCUT2D eigenvalue weighted by atomic mass is 10.0. The predicted molar refractivity (Wildman–Crippen MR) is 92.4 cm³/mol. The van der Waals surface area contributed by atoms with E-state index in [-0.39, 0.29) is 11.9 Å². The average molecular weight is 349 g/mol. The minimum absolute atomic E-state index is 0.0548. The van der Waals surface area contributed by atoms with Gasteiger partial charge in [0.1, 0.15) is 0 Å². The standard InChI is InChI=1S/C17H27N5O3/c1-24-17-20-14(19-16(21-17)22-8-10-25-11-9-22)12-18-15(23)7-6-13-4-2-3-5-13/h13H,2-12H2,1H3,(H,18,23). The number of methoxy groups -OCH3 is 1. The summed E-state index contributed by atoms with van der Waals surface area (Å²) in [6, 6.07) is 0.270. The maximum atomic E-state index is 12.1. The molecule has 3 rings (SSSR count). The normalized spacial score (nSPS) is 18.4. The third-order valence-electron chi connectivity index (χ3n) is 4.82. The van der Waals surface area contributed by atoms with Crippen molar-refractivity contribution < 1.29 is 14.3 Å². The highest BCUT2D eigenvalue weighted by Crippen LogP contribution is 2.28. The summed E-state index contributed by atoms with van der Waals surface area (Å²) < 4.78 is 10.5. The van der Waals surface area contributed by atoms with E-state index >= 15 is 0 Å². The van der Waals surface area contributed by atoms with E-state index in [1.165, 1.54) is 32.8 Å². The number of anilines is 1. The van der Waals surface area contributed by atoms with Crippen molar-refractivity contribution in [1.82, 2.24) is 20.3 Å². The molecular weight excluding hydrogens is 322 g/mol. The molecule has 0 aromatic carbocycles. The molecular formula is C17H27N5O3. The van der Waals surface area contributed by atoms with Gasteiger partial charge in [0.25, 0.3) is 0 Å². The van der Waals surface area contributed by atoms with E-state index in [0.717, 1.165) is 25.4 Å². The summed E-state index contributed by atoms with van der Waals surface area (Å²) in [5.41, 5.74) is 0. The molecule has 1 saturated carbocycles. The van der Waals surface area contributed by atoms with E-state index in [1.807, 2.05) is 4.90 Å². The maximum Gasteiger partial charge on any atom is 0.321 e. The molecule has 1 saturated heterocycles. The summed E-state index contributed by atoms with van der Waals surface area (Å²) in [6.45, 7) is 3.07. The number of hydrogen-bond acceptors (Lipinski definition) is 7. The van der Waals surface area contributed by atoms with Gasteiger partial charge in [-0.1, -0.05) is 25.7 Å². The number of amides is 1. The van der Waals surface area contributed by atoms with Crippen molar-refractivity contribution >= 4 is 11.9 Å². The Kier molecular flexibility index (Phi) is 6.38. The summed E-state index contributed by atoms with van der Waals surface area (Å²) in [5.74, 6) is 1.86. The fourth-order valence-electron chi connectivity index (χ4n) is 3.36. The molecule has 2 aliphatic rings. The van der Waals surface area contributed by atoms with Crippen molar-refractivity contribution in [1.29, 1.82) is 0 Å². The number of nitrogens with one attached hydrogen (secondary N) is 1. The zero-order valence-corrected chi connectivity index (χ0v) is 14.9. The quantitative estimate of drug-likeness (QED) is 0.793. The Morgan fingerprint density at radius 3 is 2.72 bits per heavy atom. The fourth-order valence-corrected chi connectivity index (χ4v) is 3.36. The van der Waals surface area contributed by atoms with Crippen LogP contribution in [0.25, 0.3) is 0 Å². The van der Waals surface area contributed by atoms with Crippen LogP contribution in [0.3, 0.4) is 0 Å². The molecule has 0 radical (unpaired) electrons. The number of carbonyl (C=O) groups is 1. The van der Waals surface area contributed by atoms with E-state index in [0.29, 0.717) is 38.0 Å². The molecule has 138 valence electrons. The second-order valence-electron chi connectivity index (χ2n) is 6.60. The maximum absolute atomic E-state index is 12.1. The van der Waals surface area contributed by atoms with Gasteiger partial charge in [-0.15, -0.1) is 0 Å². The van der Waals surface area contributed by atoms with Crippen molar-refractivity contribution in [3.63, 3.8) is 0 Å². The Morgan fingerprint density at radius 1 is 1.24 bits per heavy atom. The lowest BCUT2D eigenvalue weighted by molar-refractivity contribution is -0.121. The van der Waals surface area contributed by atoms with Crippen LogP contribution in [0.5, 0.6) is 6.01 Å². The first-order chi connectivity index (χ1) is 12.2. The molecule has 0 unspecified atom stereocenters. The van der Waals surface area contributed by atoms with Gasteiger partial charge in [-0.3, -0.25) is 4.79 Å². The van der Waals surface area contributed by atoms with Gasteiger partial charge in [0, 0.05) is 19.5 Å². The molecule has 0 atom stereocenters. The van der Waals surface area contributed by atoms with Crippen LogP contribution in [-0.2, 0) is 16.1 Å². The lowest BCUT2D eigenvalue weighted by Crippen LogP contribution is -2.37. The van der Waals surface area contributed by atoms with Gasteiger partial charge in [0.2, 0.25) is 11.9 Å². The Morgan fingerprint density at radius 2 is 2.00 bits per heavy atom. The summed E-state index contributed by atoms with van der Waals surface area (Å²) in [5, 5.41) is 2.91. The Bertz CT molecular complexity index is 571. The molecule has 2 heterocycles. The molecule has 1 aromatic heterocycles. The third kappa shape index (κ3) is 5.26. The number of morpholine rings is 1. The highest BCUT2D eigenvalue weighted by atomic mass is 16.5. The second kappa shape index (κ2) is 8.94. The van der Waals surface area contributed by atoms with Crippen LogP contribution in [0, 0.1) is 5.92 Å². The van der Waals surface area contributed by atoms with Crippen LogP contribution in [-0.4, -0.2) is 54.3 Å². The fraction of sp³-hybridized carbons (Fsp3) is 0.765. The number of aromatic nitrogens is 3. The highest BCUT2D eigenvalue weighted by Gasteiger charge is 2.18. The Hall–Kier alpha value is -1.96. The number of rotatable bonds is 7. The van der Waals surface area contributed by atoms with Gasteiger partial charge in [-0.2, -0.15) is 15.0 Å². The summed E-state index contributed by atoms with van der Waals surface area (Å²) in [7, 11) is 1.53. The molecule has 2 fully saturated rings. The Labute approximate surface area is 148 Å². The molecule has 1 amide bonds. The number of carbonyl (C=O) groups excluding carboxylic acids is 1. The van der Waals surface area contributed by atoms with E-state index in [1.54, 1.807) is 0 Å². The predicted octanol–water partition coefficient (Wildman–Crippen LogP) is 1.30. The van der Waals surface area contributed by atoms with Crippen molar-refractivity contribution in [3.05, 3.63) is 5.82 Å². The van der Waals surface area contributed by atoms with E-state index in [9.17, 15) is 4.79 Å². The van der Waals surface area contributed by atoms with Crippen LogP contribution in [0.2, 0.25) is 0 Å². The largest absolute Gasteiger partial charge is 0.467 e. The summed E-state index contributed by atoms with van der Waals surface area (Å²) >= 11 is 0. The van der Waals surface area contributed by atoms with Gasteiger partial charge in [-0.05, 0) is 12.3 Å². The molecule has 0 spiro atoms. The second-order valence-corrected chi connectivity index (χ2v) is 6.60.